The second-order valence-corrected chi connectivity index (χ2v) is 8.27. The molecule has 1 saturated heterocycles. The van der Waals surface area contributed by atoms with Crippen LogP contribution in [0.25, 0.3) is 0 Å². The summed E-state index contributed by atoms with van der Waals surface area (Å²) in [5, 5.41) is 17.0. The maximum absolute atomic E-state index is 13.1. The first-order valence-corrected chi connectivity index (χ1v) is 10.9. The molecule has 33 heavy (non-hydrogen) atoms. The average molecular weight is 490 g/mol. The van der Waals surface area contributed by atoms with Crippen molar-refractivity contribution < 1.29 is 22.9 Å². The highest BCUT2D eigenvalue weighted by Crippen LogP contribution is 2.28. The van der Waals surface area contributed by atoms with Gasteiger partial charge in [0.05, 0.1) is 17.0 Å². The number of likely N-dealkylation sites (tertiary alicyclic amines) is 1. The van der Waals surface area contributed by atoms with E-state index in [0.29, 0.717) is 12.6 Å². The molecular weight excluding hydrogens is 463 g/mol. The number of halogens is 4. The zero-order valence-corrected chi connectivity index (χ0v) is 19.1. The van der Waals surface area contributed by atoms with Crippen LogP contribution in [0.2, 0.25) is 0 Å². The number of alkyl halides is 3. The van der Waals surface area contributed by atoms with E-state index < -0.39 is 28.4 Å². The standard InChI is InChI=1S/C21H27ClF3N5O3/c1-3-8-18(30(32)33)16(15(2)22)14-29(12-11-28-9-6-4-5-7-10-28)20(31)17-13-19(27-26-17)21(23,24)25/h3,8,13H,1,4-7,9-12,14H2,2H3,(H,26,27)/b16-15+,18-8+. The van der Waals surface area contributed by atoms with Crippen LogP contribution in [0, 0.1) is 10.1 Å². The number of carbonyl (C=O) groups excluding carboxylic acids is 1. The number of nitro groups is 1. The van der Waals surface area contributed by atoms with Gasteiger partial charge in [-0.05, 0) is 32.9 Å². The molecule has 1 aromatic rings. The number of H-pyrrole nitrogens is 1. The van der Waals surface area contributed by atoms with Gasteiger partial charge in [0.15, 0.2) is 5.69 Å². The lowest BCUT2D eigenvalue weighted by atomic mass is 10.1. The van der Waals surface area contributed by atoms with Gasteiger partial charge in [0, 0.05) is 30.3 Å². The second-order valence-electron chi connectivity index (χ2n) is 7.70. The molecule has 1 aromatic heterocycles. The van der Waals surface area contributed by atoms with Gasteiger partial charge in [-0.3, -0.25) is 20.0 Å². The molecule has 2 rings (SSSR count). The van der Waals surface area contributed by atoms with Crippen LogP contribution in [0.5, 0.6) is 0 Å². The van der Waals surface area contributed by atoms with Crippen LogP contribution < -0.4 is 0 Å². The number of carbonyl (C=O) groups is 1. The summed E-state index contributed by atoms with van der Waals surface area (Å²) in [7, 11) is 0. The number of nitrogens with one attached hydrogen (secondary N) is 1. The van der Waals surface area contributed by atoms with Crippen LogP contribution in [0.4, 0.5) is 13.2 Å². The predicted molar refractivity (Wildman–Crippen MR) is 118 cm³/mol. The molecule has 1 aliphatic heterocycles. The number of aromatic amines is 1. The first-order chi connectivity index (χ1) is 15.5. The van der Waals surface area contributed by atoms with Crippen molar-refractivity contribution in [2.24, 2.45) is 0 Å². The Morgan fingerprint density at radius 1 is 1.36 bits per heavy atom. The molecule has 0 atom stereocenters. The summed E-state index contributed by atoms with van der Waals surface area (Å²) in [5.41, 5.74) is -1.86. The van der Waals surface area contributed by atoms with E-state index in [9.17, 15) is 28.1 Å². The zero-order chi connectivity index (χ0) is 24.6. The van der Waals surface area contributed by atoms with Crippen molar-refractivity contribution in [3.8, 4) is 0 Å². The SMILES string of the molecule is C=C/C=C(\C(CN(CCN1CCCCCC1)C(=O)c1cc(C(F)(F)F)[nH]n1)=C(/C)Cl)[N+](=O)[O-]. The molecular formula is C21H27ClF3N5O3. The highest BCUT2D eigenvalue weighted by Gasteiger charge is 2.35. The molecule has 12 heteroatoms. The molecule has 0 saturated carbocycles. The van der Waals surface area contributed by atoms with E-state index in [-0.39, 0.29) is 29.4 Å². The molecule has 0 bridgehead atoms. The van der Waals surface area contributed by atoms with Crippen molar-refractivity contribution in [1.29, 1.82) is 0 Å². The molecule has 0 aliphatic carbocycles. The first kappa shape index (κ1) is 26.6. The van der Waals surface area contributed by atoms with Gasteiger partial charge in [-0.1, -0.05) is 37.1 Å². The van der Waals surface area contributed by atoms with Crippen molar-refractivity contribution in [3.63, 3.8) is 0 Å². The van der Waals surface area contributed by atoms with Crippen molar-refractivity contribution in [3.05, 3.63) is 62.6 Å². The quantitative estimate of drug-likeness (QED) is 0.310. The van der Waals surface area contributed by atoms with Gasteiger partial charge in [-0.25, -0.2) is 0 Å². The minimum atomic E-state index is -4.69. The highest BCUT2D eigenvalue weighted by molar-refractivity contribution is 6.29. The minimum absolute atomic E-state index is 0.0670. The summed E-state index contributed by atoms with van der Waals surface area (Å²) in [6.45, 7) is 6.94. The van der Waals surface area contributed by atoms with Crippen LogP contribution in [0.1, 0.15) is 48.8 Å². The predicted octanol–water partition coefficient (Wildman–Crippen LogP) is 4.61. The van der Waals surface area contributed by atoms with Crippen LogP contribution in [-0.2, 0) is 6.18 Å². The Kier molecular flexibility index (Phi) is 9.66. The molecule has 2 heterocycles. The largest absolute Gasteiger partial charge is 0.432 e. The third-order valence-corrected chi connectivity index (χ3v) is 5.55. The van der Waals surface area contributed by atoms with E-state index in [1.165, 1.54) is 17.9 Å². The average Bonchev–Trinajstić information content (AvgIpc) is 3.11. The van der Waals surface area contributed by atoms with Crippen LogP contribution in [-0.4, -0.2) is 63.6 Å². The Morgan fingerprint density at radius 3 is 2.48 bits per heavy atom. The highest BCUT2D eigenvalue weighted by atomic mass is 35.5. The Bertz CT molecular complexity index is 914. The van der Waals surface area contributed by atoms with E-state index in [1.807, 2.05) is 5.10 Å². The van der Waals surface area contributed by atoms with Gasteiger partial charge >= 0.3 is 6.18 Å². The van der Waals surface area contributed by atoms with Gasteiger partial charge < -0.3 is 9.80 Å². The van der Waals surface area contributed by atoms with Crippen molar-refractivity contribution >= 4 is 17.5 Å². The van der Waals surface area contributed by atoms with Gasteiger partial charge in [0.1, 0.15) is 5.69 Å². The maximum Gasteiger partial charge on any atom is 0.432 e. The molecule has 0 aromatic carbocycles. The molecule has 182 valence electrons. The van der Waals surface area contributed by atoms with Crippen LogP contribution in [0.3, 0.4) is 0 Å². The van der Waals surface area contributed by atoms with Crippen molar-refractivity contribution in [1.82, 2.24) is 20.0 Å². The monoisotopic (exact) mass is 489 g/mol. The van der Waals surface area contributed by atoms with Gasteiger partial charge in [0.2, 0.25) is 0 Å². The third-order valence-electron chi connectivity index (χ3n) is 5.32. The number of nitrogens with zero attached hydrogens (tertiary/aromatic N) is 4. The zero-order valence-electron chi connectivity index (χ0n) is 18.3. The van der Waals surface area contributed by atoms with E-state index in [2.05, 4.69) is 16.6 Å². The lowest BCUT2D eigenvalue weighted by Gasteiger charge is -2.27. The molecule has 1 amide bonds. The first-order valence-electron chi connectivity index (χ1n) is 10.5. The van der Waals surface area contributed by atoms with E-state index >= 15 is 0 Å². The summed E-state index contributed by atoms with van der Waals surface area (Å²) >= 11 is 6.13. The number of amides is 1. The minimum Gasteiger partial charge on any atom is -0.331 e. The van der Waals surface area contributed by atoms with Crippen molar-refractivity contribution in [2.75, 3.05) is 32.7 Å². The molecule has 0 radical (unpaired) electrons. The Morgan fingerprint density at radius 2 is 2.00 bits per heavy atom. The maximum atomic E-state index is 13.1. The lowest BCUT2D eigenvalue weighted by molar-refractivity contribution is -0.421. The summed E-state index contributed by atoms with van der Waals surface area (Å²) in [5.74, 6) is -0.784. The fraction of sp³-hybridized carbons (Fsp3) is 0.524. The smallest absolute Gasteiger partial charge is 0.331 e. The lowest BCUT2D eigenvalue weighted by Crippen LogP contribution is -2.40. The summed E-state index contributed by atoms with van der Waals surface area (Å²) in [6.07, 6.45) is 1.96. The van der Waals surface area contributed by atoms with E-state index in [0.717, 1.165) is 44.8 Å². The van der Waals surface area contributed by atoms with Crippen LogP contribution >= 0.6 is 11.6 Å². The Hall–Kier alpha value is -2.66. The fourth-order valence-electron chi connectivity index (χ4n) is 3.55. The topological polar surface area (TPSA) is 95.4 Å². The molecule has 1 N–H and O–H groups in total. The molecule has 1 fully saturated rings. The van der Waals surface area contributed by atoms with Gasteiger partial charge in [-0.2, -0.15) is 18.3 Å². The van der Waals surface area contributed by atoms with Gasteiger partial charge in [-0.15, -0.1) is 0 Å². The number of aromatic nitrogens is 2. The Balaban J connectivity index is 2.34. The number of hydrogen-bond acceptors (Lipinski definition) is 5. The summed E-state index contributed by atoms with van der Waals surface area (Å²) in [6, 6.07) is 0.631. The van der Waals surface area contributed by atoms with Crippen molar-refractivity contribution in [2.45, 2.75) is 38.8 Å². The molecule has 8 nitrogen and oxygen atoms in total. The number of hydrogen-bond donors (Lipinski definition) is 1. The number of rotatable bonds is 9. The van der Waals surface area contributed by atoms with Crippen LogP contribution in [0.15, 0.2) is 41.1 Å². The summed E-state index contributed by atoms with van der Waals surface area (Å²) in [4.78, 5) is 27.4. The molecule has 0 unspecified atom stereocenters. The third kappa shape index (κ3) is 7.71. The molecule has 0 spiro atoms. The van der Waals surface area contributed by atoms with E-state index in [4.69, 9.17) is 11.6 Å². The fourth-order valence-corrected chi connectivity index (χ4v) is 3.71. The van der Waals surface area contributed by atoms with E-state index in [1.54, 1.807) is 0 Å². The van der Waals surface area contributed by atoms with Gasteiger partial charge in [0.25, 0.3) is 11.6 Å². The summed E-state index contributed by atoms with van der Waals surface area (Å²) < 4.78 is 38.9. The number of allylic oxidation sites excluding steroid dienone is 3. The Labute approximate surface area is 194 Å². The normalized spacial score (nSPS) is 16.7. The second kappa shape index (κ2) is 12.0. The molecule has 1 aliphatic rings.